The standard InChI is InChI=1S/C18H18N6O/c1-10-5-4-6-12-7-13(23(3)18(25)14(10)12)8-24-17-15(11(2)22-24)16(19)20-9-21-17/h4-7,9H,8H2,1-3H3,(H2,19,20,21). The van der Waals surface area contributed by atoms with Crippen molar-refractivity contribution in [1.82, 2.24) is 24.3 Å². The average Bonchev–Trinajstić information content (AvgIpc) is 2.89. The van der Waals surface area contributed by atoms with E-state index in [1.807, 2.05) is 38.1 Å². The Labute approximate surface area is 143 Å². The van der Waals surface area contributed by atoms with E-state index in [1.54, 1.807) is 16.3 Å². The number of aryl methyl sites for hydroxylation is 2. The van der Waals surface area contributed by atoms with Crippen molar-refractivity contribution in [2.24, 2.45) is 7.05 Å². The van der Waals surface area contributed by atoms with Gasteiger partial charge in [0, 0.05) is 12.7 Å². The number of nitrogens with zero attached hydrogens (tertiary/aromatic N) is 5. The van der Waals surface area contributed by atoms with Crippen molar-refractivity contribution in [1.29, 1.82) is 0 Å². The molecule has 0 atom stereocenters. The van der Waals surface area contributed by atoms with Crippen LogP contribution in [0.2, 0.25) is 0 Å². The smallest absolute Gasteiger partial charge is 0.258 e. The van der Waals surface area contributed by atoms with Gasteiger partial charge >= 0.3 is 0 Å². The minimum atomic E-state index is -0.00655. The Morgan fingerprint density at radius 2 is 1.96 bits per heavy atom. The predicted molar refractivity (Wildman–Crippen MR) is 97.5 cm³/mol. The number of nitrogens with two attached hydrogens (primary N) is 1. The normalized spacial score (nSPS) is 11.5. The lowest BCUT2D eigenvalue weighted by atomic mass is 10.1. The van der Waals surface area contributed by atoms with Gasteiger partial charge in [0.1, 0.15) is 12.1 Å². The molecule has 0 bridgehead atoms. The van der Waals surface area contributed by atoms with Gasteiger partial charge in [0.2, 0.25) is 0 Å². The molecule has 3 heterocycles. The number of anilines is 1. The van der Waals surface area contributed by atoms with Gasteiger partial charge in [-0.1, -0.05) is 18.2 Å². The minimum absolute atomic E-state index is 0.00655. The summed E-state index contributed by atoms with van der Waals surface area (Å²) in [6.45, 7) is 4.26. The van der Waals surface area contributed by atoms with Crippen molar-refractivity contribution in [3.63, 3.8) is 0 Å². The first-order chi connectivity index (χ1) is 12.0. The molecule has 126 valence electrons. The van der Waals surface area contributed by atoms with Crippen LogP contribution in [0.1, 0.15) is 17.0 Å². The fraction of sp³-hybridized carbons (Fsp3) is 0.222. The highest BCUT2D eigenvalue weighted by Gasteiger charge is 2.15. The van der Waals surface area contributed by atoms with E-state index in [2.05, 4.69) is 15.1 Å². The topological polar surface area (TPSA) is 91.6 Å². The number of hydrogen-bond donors (Lipinski definition) is 1. The van der Waals surface area contributed by atoms with Crippen LogP contribution in [0.5, 0.6) is 0 Å². The molecule has 3 aromatic heterocycles. The second kappa shape index (κ2) is 5.41. The van der Waals surface area contributed by atoms with Gasteiger partial charge in [0.15, 0.2) is 5.65 Å². The van der Waals surface area contributed by atoms with E-state index in [1.165, 1.54) is 6.33 Å². The maximum Gasteiger partial charge on any atom is 0.258 e. The highest BCUT2D eigenvalue weighted by molar-refractivity contribution is 5.88. The average molecular weight is 334 g/mol. The summed E-state index contributed by atoms with van der Waals surface area (Å²) in [5, 5.41) is 6.97. The summed E-state index contributed by atoms with van der Waals surface area (Å²) in [4.78, 5) is 21.1. The molecule has 0 saturated heterocycles. The van der Waals surface area contributed by atoms with E-state index in [0.29, 0.717) is 18.0 Å². The maximum absolute atomic E-state index is 12.8. The van der Waals surface area contributed by atoms with Gasteiger partial charge in [-0.05, 0) is 30.9 Å². The highest BCUT2D eigenvalue weighted by atomic mass is 16.1. The van der Waals surface area contributed by atoms with Gasteiger partial charge in [-0.2, -0.15) is 5.10 Å². The van der Waals surface area contributed by atoms with Crippen molar-refractivity contribution >= 4 is 27.6 Å². The molecule has 4 rings (SSSR count). The van der Waals surface area contributed by atoms with E-state index in [4.69, 9.17) is 5.73 Å². The monoisotopic (exact) mass is 334 g/mol. The zero-order valence-electron chi connectivity index (χ0n) is 14.3. The first-order valence-electron chi connectivity index (χ1n) is 7.99. The molecule has 1 aromatic carbocycles. The zero-order chi connectivity index (χ0) is 17.7. The summed E-state index contributed by atoms with van der Waals surface area (Å²) in [5.41, 5.74) is 9.21. The number of nitrogen functional groups attached to an aromatic ring is 1. The fourth-order valence-corrected chi connectivity index (χ4v) is 3.30. The molecule has 25 heavy (non-hydrogen) atoms. The lowest BCUT2D eigenvalue weighted by Gasteiger charge is -2.12. The largest absolute Gasteiger partial charge is 0.383 e. The summed E-state index contributed by atoms with van der Waals surface area (Å²) in [5.74, 6) is 0.414. The Balaban J connectivity index is 1.92. The third kappa shape index (κ3) is 2.27. The first-order valence-corrected chi connectivity index (χ1v) is 7.99. The van der Waals surface area contributed by atoms with Gasteiger partial charge in [-0.25, -0.2) is 14.6 Å². The van der Waals surface area contributed by atoms with Crippen LogP contribution >= 0.6 is 0 Å². The van der Waals surface area contributed by atoms with E-state index in [-0.39, 0.29) is 5.56 Å². The maximum atomic E-state index is 12.8. The van der Waals surface area contributed by atoms with Crippen molar-refractivity contribution in [3.05, 3.63) is 57.9 Å². The third-order valence-corrected chi connectivity index (χ3v) is 4.62. The fourth-order valence-electron chi connectivity index (χ4n) is 3.30. The Kier molecular flexibility index (Phi) is 3.31. The van der Waals surface area contributed by atoms with E-state index in [9.17, 15) is 4.79 Å². The first kappa shape index (κ1) is 15.3. The minimum Gasteiger partial charge on any atom is -0.383 e. The van der Waals surface area contributed by atoms with Crippen molar-refractivity contribution in [2.45, 2.75) is 20.4 Å². The lowest BCUT2D eigenvalue weighted by molar-refractivity contribution is 0.645. The van der Waals surface area contributed by atoms with Crippen molar-refractivity contribution in [2.75, 3.05) is 5.73 Å². The molecule has 0 unspecified atom stereocenters. The van der Waals surface area contributed by atoms with Crippen LogP contribution in [0.25, 0.3) is 21.8 Å². The molecule has 0 spiro atoms. The molecule has 0 aliphatic heterocycles. The van der Waals surface area contributed by atoms with E-state index in [0.717, 1.165) is 33.1 Å². The highest BCUT2D eigenvalue weighted by Crippen LogP contribution is 2.22. The van der Waals surface area contributed by atoms with Crippen LogP contribution in [0, 0.1) is 13.8 Å². The number of hydrogen-bond acceptors (Lipinski definition) is 5. The molecule has 0 saturated carbocycles. The van der Waals surface area contributed by atoms with Gasteiger partial charge in [-0.15, -0.1) is 0 Å². The Morgan fingerprint density at radius 3 is 2.76 bits per heavy atom. The summed E-state index contributed by atoms with van der Waals surface area (Å²) in [7, 11) is 1.78. The molecule has 0 amide bonds. The van der Waals surface area contributed by atoms with Crippen molar-refractivity contribution in [3.8, 4) is 0 Å². The Morgan fingerprint density at radius 1 is 1.16 bits per heavy atom. The lowest BCUT2D eigenvalue weighted by Crippen LogP contribution is -2.23. The second-order valence-corrected chi connectivity index (χ2v) is 6.24. The molecule has 2 N–H and O–H groups in total. The van der Waals surface area contributed by atoms with E-state index < -0.39 is 0 Å². The van der Waals surface area contributed by atoms with Crippen molar-refractivity contribution < 1.29 is 0 Å². The Hall–Kier alpha value is -3.22. The number of pyridine rings is 1. The summed E-state index contributed by atoms with van der Waals surface area (Å²) in [6.07, 6.45) is 1.43. The molecule has 0 aliphatic rings. The van der Waals surface area contributed by atoms with Gasteiger partial charge in [0.05, 0.1) is 23.0 Å². The molecule has 7 nitrogen and oxygen atoms in total. The van der Waals surface area contributed by atoms with Gasteiger partial charge < -0.3 is 10.3 Å². The van der Waals surface area contributed by atoms with Crippen LogP contribution in [-0.4, -0.2) is 24.3 Å². The second-order valence-electron chi connectivity index (χ2n) is 6.24. The quantitative estimate of drug-likeness (QED) is 0.605. The summed E-state index contributed by atoms with van der Waals surface area (Å²) >= 11 is 0. The molecule has 4 aromatic rings. The summed E-state index contributed by atoms with van der Waals surface area (Å²) < 4.78 is 3.43. The van der Waals surface area contributed by atoms with Crippen LogP contribution in [0.15, 0.2) is 35.4 Å². The van der Waals surface area contributed by atoms with E-state index >= 15 is 0 Å². The van der Waals surface area contributed by atoms with Crippen LogP contribution in [0.4, 0.5) is 5.82 Å². The summed E-state index contributed by atoms with van der Waals surface area (Å²) in [6, 6.07) is 7.90. The number of benzene rings is 1. The number of aromatic nitrogens is 5. The van der Waals surface area contributed by atoms with Crippen LogP contribution in [-0.2, 0) is 13.6 Å². The molecule has 0 radical (unpaired) electrons. The predicted octanol–water partition coefficient (Wildman–Crippen LogP) is 1.93. The van der Waals surface area contributed by atoms with Crippen LogP contribution in [0.3, 0.4) is 0 Å². The van der Waals surface area contributed by atoms with Gasteiger partial charge in [0.25, 0.3) is 5.56 Å². The third-order valence-electron chi connectivity index (χ3n) is 4.62. The zero-order valence-corrected chi connectivity index (χ0v) is 14.3. The molecule has 7 heteroatoms. The number of rotatable bonds is 2. The SMILES string of the molecule is Cc1nn(Cc2cc3cccc(C)c3c(=O)n2C)c2ncnc(N)c12. The molecular weight excluding hydrogens is 316 g/mol. The van der Waals surface area contributed by atoms with Gasteiger partial charge in [-0.3, -0.25) is 4.79 Å². The molecule has 0 aliphatic carbocycles. The Bertz CT molecular complexity index is 1190. The van der Waals surface area contributed by atoms with Crippen LogP contribution < -0.4 is 11.3 Å². The molecular formula is C18H18N6O. The number of fused-ring (bicyclic) bond motifs is 2. The molecule has 0 fully saturated rings.